The van der Waals surface area contributed by atoms with Gasteiger partial charge in [0.2, 0.25) is 0 Å². The number of benzodiazepines with no additional fused rings is 1. The van der Waals surface area contributed by atoms with E-state index in [2.05, 4.69) is 39.0 Å². The first-order valence-corrected chi connectivity index (χ1v) is 8.48. The number of benzene rings is 2. The normalized spacial score (nSPS) is 17.0. The summed E-state index contributed by atoms with van der Waals surface area (Å²) in [7, 11) is 2.01. The standard InChI is InChI=1S/C18H15BrClN3/c1-23-13(8-9-21)11-22-18(14-4-2-3-5-16(14)20)15-10-12(19)6-7-17(15)23/h2-7,10,13H,8,11H2,1H3. The Morgan fingerprint density at radius 3 is 2.83 bits per heavy atom. The van der Waals surface area contributed by atoms with Crippen molar-refractivity contribution in [3.05, 3.63) is 63.1 Å². The van der Waals surface area contributed by atoms with Crippen LogP contribution in [-0.2, 0) is 0 Å². The molecule has 0 N–H and O–H groups in total. The molecular weight excluding hydrogens is 374 g/mol. The number of aliphatic imine (C=N–C) groups is 1. The number of anilines is 1. The van der Waals surface area contributed by atoms with Crippen molar-refractivity contribution in [3.8, 4) is 6.07 Å². The molecular formula is C18H15BrClN3. The highest BCUT2D eigenvalue weighted by atomic mass is 79.9. The molecule has 0 saturated heterocycles. The highest BCUT2D eigenvalue weighted by molar-refractivity contribution is 9.10. The van der Waals surface area contributed by atoms with Crippen LogP contribution in [0.5, 0.6) is 0 Å². The molecule has 1 unspecified atom stereocenters. The van der Waals surface area contributed by atoms with E-state index >= 15 is 0 Å². The Hall–Kier alpha value is -1.83. The molecule has 5 heteroatoms. The van der Waals surface area contributed by atoms with Gasteiger partial charge in [-0.15, -0.1) is 0 Å². The molecule has 0 radical (unpaired) electrons. The fraction of sp³-hybridized carbons (Fsp3) is 0.222. The monoisotopic (exact) mass is 387 g/mol. The second kappa shape index (κ2) is 6.74. The number of likely N-dealkylation sites (N-methyl/N-ethyl adjacent to an activating group) is 1. The van der Waals surface area contributed by atoms with E-state index in [4.69, 9.17) is 21.9 Å². The molecule has 0 fully saturated rings. The zero-order valence-electron chi connectivity index (χ0n) is 12.6. The van der Waals surface area contributed by atoms with Crippen molar-refractivity contribution in [2.75, 3.05) is 18.5 Å². The largest absolute Gasteiger partial charge is 0.368 e. The quantitative estimate of drug-likeness (QED) is 0.750. The Bertz CT molecular complexity index is 810. The van der Waals surface area contributed by atoms with Crippen LogP contribution >= 0.6 is 27.5 Å². The summed E-state index contributed by atoms with van der Waals surface area (Å²) in [5.74, 6) is 0. The minimum absolute atomic E-state index is 0.0555. The van der Waals surface area contributed by atoms with Crippen LogP contribution in [0.15, 0.2) is 51.9 Å². The summed E-state index contributed by atoms with van der Waals surface area (Å²) >= 11 is 9.93. The van der Waals surface area contributed by atoms with Crippen LogP contribution in [0.25, 0.3) is 0 Å². The summed E-state index contributed by atoms with van der Waals surface area (Å²) in [6.07, 6.45) is 0.436. The molecule has 0 aromatic heterocycles. The summed E-state index contributed by atoms with van der Waals surface area (Å²) in [5, 5.41) is 9.77. The third-order valence-corrected chi connectivity index (χ3v) is 4.88. The van der Waals surface area contributed by atoms with Gasteiger partial charge in [0.1, 0.15) is 0 Å². The molecule has 3 nitrogen and oxygen atoms in total. The fourth-order valence-electron chi connectivity index (χ4n) is 2.80. The van der Waals surface area contributed by atoms with E-state index in [9.17, 15) is 0 Å². The smallest absolute Gasteiger partial charge is 0.0756 e. The maximum Gasteiger partial charge on any atom is 0.0756 e. The topological polar surface area (TPSA) is 39.4 Å². The number of halogens is 2. The van der Waals surface area contributed by atoms with Gasteiger partial charge in [-0.1, -0.05) is 45.7 Å². The minimum Gasteiger partial charge on any atom is -0.368 e. The van der Waals surface area contributed by atoms with Crippen molar-refractivity contribution in [1.29, 1.82) is 5.26 Å². The van der Waals surface area contributed by atoms with Gasteiger partial charge in [-0.2, -0.15) is 5.26 Å². The van der Waals surface area contributed by atoms with Crippen LogP contribution in [0, 0.1) is 11.3 Å². The maximum absolute atomic E-state index is 9.09. The Labute approximate surface area is 149 Å². The Morgan fingerprint density at radius 1 is 1.30 bits per heavy atom. The zero-order valence-corrected chi connectivity index (χ0v) is 15.0. The first-order chi connectivity index (χ1) is 11.1. The number of rotatable bonds is 2. The molecule has 0 amide bonds. The van der Waals surface area contributed by atoms with Gasteiger partial charge < -0.3 is 4.90 Å². The van der Waals surface area contributed by atoms with Gasteiger partial charge in [-0.05, 0) is 24.3 Å². The van der Waals surface area contributed by atoms with E-state index in [0.717, 1.165) is 27.0 Å². The van der Waals surface area contributed by atoms with E-state index in [1.807, 2.05) is 37.4 Å². The van der Waals surface area contributed by atoms with E-state index in [1.54, 1.807) is 0 Å². The Kier molecular flexibility index (Phi) is 4.70. The summed E-state index contributed by atoms with van der Waals surface area (Å²) in [4.78, 5) is 6.94. The van der Waals surface area contributed by atoms with Gasteiger partial charge >= 0.3 is 0 Å². The second-order valence-electron chi connectivity index (χ2n) is 5.46. The van der Waals surface area contributed by atoms with Gasteiger partial charge in [0, 0.05) is 33.4 Å². The molecule has 0 saturated carbocycles. The number of nitriles is 1. The molecule has 2 aromatic carbocycles. The van der Waals surface area contributed by atoms with Crippen LogP contribution in [0.4, 0.5) is 5.69 Å². The van der Waals surface area contributed by atoms with Gasteiger partial charge in [-0.25, -0.2) is 0 Å². The van der Waals surface area contributed by atoms with E-state index < -0.39 is 0 Å². The highest BCUT2D eigenvalue weighted by Gasteiger charge is 2.25. The molecule has 23 heavy (non-hydrogen) atoms. The van der Waals surface area contributed by atoms with Gasteiger partial charge in [0.05, 0.1) is 30.8 Å². The van der Waals surface area contributed by atoms with Gasteiger partial charge in [0.15, 0.2) is 0 Å². The van der Waals surface area contributed by atoms with Crippen molar-refractivity contribution < 1.29 is 0 Å². The number of fused-ring (bicyclic) bond motifs is 1. The van der Waals surface area contributed by atoms with Crippen molar-refractivity contribution >= 4 is 38.9 Å². The van der Waals surface area contributed by atoms with E-state index in [0.29, 0.717) is 18.0 Å². The SMILES string of the molecule is CN1c2ccc(Br)cc2C(c2ccccc2Cl)=NCC1CC#N. The highest BCUT2D eigenvalue weighted by Crippen LogP contribution is 2.32. The zero-order chi connectivity index (χ0) is 16.4. The lowest BCUT2D eigenvalue weighted by molar-refractivity contribution is 0.657. The van der Waals surface area contributed by atoms with Crippen molar-refractivity contribution in [2.24, 2.45) is 4.99 Å². The molecule has 1 atom stereocenters. The molecule has 1 aliphatic rings. The summed E-state index contributed by atoms with van der Waals surface area (Å²) in [6.45, 7) is 0.566. The van der Waals surface area contributed by atoms with Crippen LogP contribution in [0.2, 0.25) is 5.02 Å². The average molecular weight is 389 g/mol. The predicted molar refractivity (Wildman–Crippen MR) is 98.5 cm³/mol. The number of hydrogen-bond acceptors (Lipinski definition) is 3. The first kappa shape index (κ1) is 16.0. The van der Waals surface area contributed by atoms with Crippen LogP contribution in [0.1, 0.15) is 17.5 Å². The average Bonchev–Trinajstić information content (AvgIpc) is 2.67. The van der Waals surface area contributed by atoms with Crippen molar-refractivity contribution in [3.63, 3.8) is 0 Å². The number of nitrogens with zero attached hydrogens (tertiary/aromatic N) is 3. The van der Waals surface area contributed by atoms with Gasteiger partial charge in [0.25, 0.3) is 0 Å². The van der Waals surface area contributed by atoms with Gasteiger partial charge in [-0.3, -0.25) is 4.99 Å². The summed E-state index contributed by atoms with van der Waals surface area (Å²) in [5.41, 5.74) is 3.87. The van der Waals surface area contributed by atoms with Crippen LogP contribution in [0.3, 0.4) is 0 Å². The van der Waals surface area contributed by atoms with E-state index in [1.165, 1.54) is 0 Å². The number of hydrogen-bond donors (Lipinski definition) is 0. The lowest BCUT2D eigenvalue weighted by Gasteiger charge is -2.27. The molecule has 0 bridgehead atoms. The summed E-state index contributed by atoms with van der Waals surface area (Å²) in [6, 6.07) is 16.2. The maximum atomic E-state index is 9.09. The summed E-state index contributed by atoms with van der Waals surface area (Å²) < 4.78 is 0.989. The van der Waals surface area contributed by atoms with Crippen LogP contribution in [-0.4, -0.2) is 25.3 Å². The Morgan fingerprint density at radius 2 is 2.09 bits per heavy atom. The molecule has 1 heterocycles. The molecule has 0 aliphatic carbocycles. The molecule has 3 rings (SSSR count). The predicted octanol–water partition coefficient (Wildman–Crippen LogP) is 4.67. The fourth-order valence-corrected chi connectivity index (χ4v) is 3.38. The lowest BCUT2D eigenvalue weighted by Crippen LogP contribution is -2.33. The third-order valence-electron chi connectivity index (χ3n) is 4.06. The molecule has 2 aromatic rings. The first-order valence-electron chi connectivity index (χ1n) is 7.31. The second-order valence-corrected chi connectivity index (χ2v) is 6.78. The van der Waals surface area contributed by atoms with E-state index in [-0.39, 0.29) is 6.04 Å². The van der Waals surface area contributed by atoms with Crippen molar-refractivity contribution in [2.45, 2.75) is 12.5 Å². The third kappa shape index (κ3) is 3.12. The van der Waals surface area contributed by atoms with Crippen LogP contribution < -0.4 is 4.90 Å². The molecule has 116 valence electrons. The minimum atomic E-state index is 0.0555. The molecule has 0 spiro atoms. The van der Waals surface area contributed by atoms with Crippen molar-refractivity contribution in [1.82, 2.24) is 0 Å². The Balaban J connectivity index is 2.20. The lowest BCUT2D eigenvalue weighted by atomic mass is 10.00. The molecule has 1 aliphatic heterocycles.